The number of amides is 2. The van der Waals surface area contributed by atoms with Gasteiger partial charge in [-0.05, 0) is 61.0 Å². The van der Waals surface area contributed by atoms with E-state index in [-0.39, 0.29) is 25.2 Å². The predicted molar refractivity (Wildman–Crippen MR) is 138 cm³/mol. The van der Waals surface area contributed by atoms with Gasteiger partial charge in [0.15, 0.2) is 6.61 Å². The minimum atomic E-state index is -0.569. The van der Waals surface area contributed by atoms with Gasteiger partial charge < -0.3 is 24.8 Å². The Morgan fingerprint density at radius 2 is 1.58 bits per heavy atom. The quantitative estimate of drug-likeness (QED) is 0.291. The molecule has 0 saturated carbocycles. The van der Waals surface area contributed by atoms with E-state index in [2.05, 4.69) is 10.6 Å². The van der Waals surface area contributed by atoms with Gasteiger partial charge >= 0.3 is 5.97 Å². The van der Waals surface area contributed by atoms with Crippen LogP contribution in [0.25, 0.3) is 0 Å². The van der Waals surface area contributed by atoms with Crippen LogP contribution in [0.5, 0.6) is 17.2 Å². The molecule has 0 bridgehead atoms. The molecule has 36 heavy (non-hydrogen) atoms. The van der Waals surface area contributed by atoms with E-state index < -0.39 is 18.5 Å². The van der Waals surface area contributed by atoms with Crippen LogP contribution in [0.15, 0.2) is 66.7 Å². The van der Waals surface area contributed by atoms with E-state index in [0.29, 0.717) is 38.7 Å². The Morgan fingerprint density at radius 3 is 2.31 bits per heavy atom. The number of nitrogens with one attached hydrogen (secondary N) is 2. The van der Waals surface area contributed by atoms with Crippen molar-refractivity contribution < 1.29 is 28.6 Å². The summed E-state index contributed by atoms with van der Waals surface area (Å²) in [4.78, 5) is 36.1. The third-order valence-electron chi connectivity index (χ3n) is 4.79. The first kappa shape index (κ1) is 26.8. The molecular formula is C26H24Cl2N2O6. The van der Waals surface area contributed by atoms with Crippen LogP contribution in [-0.4, -0.2) is 31.5 Å². The normalized spacial score (nSPS) is 10.3. The summed E-state index contributed by atoms with van der Waals surface area (Å²) in [5.74, 6) is 0.177. The van der Waals surface area contributed by atoms with Crippen LogP contribution in [0.4, 0.5) is 11.4 Å². The lowest BCUT2D eigenvalue weighted by Crippen LogP contribution is -2.21. The van der Waals surface area contributed by atoms with Crippen LogP contribution in [0, 0.1) is 0 Å². The highest BCUT2D eigenvalue weighted by atomic mass is 35.5. The summed E-state index contributed by atoms with van der Waals surface area (Å²) in [5, 5.41) is 6.25. The molecule has 0 heterocycles. The number of ether oxygens (including phenoxy) is 3. The number of benzene rings is 3. The Morgan fingerprint density at radius 1 is 0.833 bits per heavy atom. The fraction of sp³-hybridized carbons (Fsp3) is 0.192. The van der Waals surface area contributed by atoms with Crippen LogP contribution in [0.1, 0.15) is 19.3 Å². The van der Waals surface area contributed by atoms with E-state index in [0.717, 1.165) is 0 Å². The van der Waals surface area contributed by atoms with Crippen molar-refractivity contribution in [3.8, 4) is 17.2 Å². The Labute approximate surface area is 218 Å². The summed E-state index contributed by atoms with van der Waals surface area (Å²) in [7, 11) is 1.49. The summed E-state index contributed by atoms with van der Waals surface area (Å²) in [5.41, 5.74) is 1.05. The molecule has 0 fully saturated rings. The molecule has 3 aromatic rings. The van der Waals surface area contributed by atoms with Crippen LogP contribution < -0.4 is 20.1 Å². The van der Waals surface area contributed by atoms with E-state index in [4.69, 9.17) is 37.4 Å². The molecule has 0 aromatic heterocycles. The van der Waals surface area contributed by atoms with Gasteiger partial charge in [-0.2, -0.15) is 0 Å². The maximum Gasteiger partial charge on any atom is 0.306 e. The highest BCUT2D eigenvalue weighted by molar-refractivity contribution is 6.35. The van der Waals surface area contributed by atoms with Crippen LogP contribution in [0.2, 0.25) is 10.0 Å². The van der Waals surface area contributed by atoms with Crippen LogP contribution in [-0.2, 0) is 19.1 Å². The van der Waals surface area contributed by atoms with E-state index in [1.54, 1.807) is 66.7 Å². The van der Waals surface area contributed by atoms with Gasteiger partial charge in [-0.3, -0.25) is 14.4 Å². The summed E-state index contributed by atoms with van der Waals surface area (Å²) < 4.78 is 15.8. The summed E-state index contributed by atoms with van der Waals surface area (Å²) in [6.45, 7) is -0.432. The molecule has 0 atom stereocenters. The zero-order valence-electron chi connectivity index (χ0n) is 19.4. The second-order valence-corrected chi connectivity index (χ2v) is 8.36. The zero-order valence-corrected chi connectivity index (χ0v) is 20.9. The molecule has 0 aliphatic carbocycles. The second-order valence-electron chi connectivity index (χ2n) is 7.51. The number of rotatable bonds is 11. The number of carbonyl (C=O) groups excluding carboxylic acids is 3. The maximum atomic E-state index is 12.2. The fourth-order valence-electron chi connectivity index (χ4n) is 3.06. The SMILES string of the molecule is COc1ccccc1NC(=O)COC(=O)CCCC(=O)Nc1ccc(Oc2ccc(Cl)cc2Cl)cc1. The van der Waals surface area contributed by atoms with E-state index in [9.17, 15) is 14.4 Å². The summed E-state index contributed by atoms with van der Waals surface area (Å²) in [6, 6.07) is 18.6. The molecular weight excluding hydrogens is 507 g/mol. The molecule has 0 radical (unpaired) electrons. The molecule has 3 aromatic carbocycles. The van der Waals surface area contributed by atoms with Crippen molar-refractivity contribution in [2.45, 2.75) is 19.3 Å². The maximum absolute atomic E-state index is 12.2. The Balaban J connectivity index is 1.35. The van der Waals surface area contributed by atoms with E-state index in [1.807, 2.05) is 0 Å². The number of para-hydroxylation sites is 2. The van der Waals surface area contributed by atoms with Crippen molar-refractivity contribution in [3.05, 3.63) is 76.8 Å². The minimum Gasteiger partial charge on any atom is -0.495 e. The lowest BCUT2D eigenvalue weighted by Gasteiger charge is -2.10. The molecule has 8 nitrogen and oxygen atoms in total. The molecule has 188 valence electrons. The molecule has 0 saturated heterocycles. The first-order chi connectivity index (χ1) is 17.3. The number of methoxy groups -OCH3 is 1. The van der Waals surface area contributed by atoms with Crippen molar-refractivity contribution in [2.75, 3.05) is 24.4 Å². The number of esters is 1. The van der Waals surface area contributed by atoms with Gasteiger partial charge in [0.1, 0.15) is 17.2 Å². The van der Waals surface area contributed by atoms with Crippen LogP contribution in [0.3, 0.4) is 0 Å². The van der Waals surface area contributed by atoms with Gasteiger partial charge in [0, 0.05) is 23.6 Å². The molecule has 0 aliphatic heterocycles. The number of anilines is 2. The fourth-order valence-corrected chi connectivity index (χ4v) is 3.51. The van der Waals surface area contributed by atoms with Crippen molar-refractivity contribution in [1.29, 1.82) is 0 Å². The van der Waals surface area contributed by atoms with Gasteiger partial charge in [-0.15, -0.1) is 0 Å². The molecule has 2 N–H and O–H groups in total. The van der Waals surface area contributed by atoms with Crippen molar-refractivity contribution >= 4 is 52.4 Å². The van der Waals surface area contributed by atoms with Crippen molar-refractivity contribution in [3.63, 3.8) is 0 Å². The number of halogens is 2. The first-order valence-corrected chi connectivity index (χ1v) is 11.7. The Hall–Kier alpha value is -3.75. The lowest BCUT2D eigenvalue weighted by molar-refractivity contribution is -0.147. The lowest BCUT2D eigenvalue weighted by atomic mass is 10.2. The highest BCUT2D eigenvalue weighted by Gasteiger charge is 2.12. The molecule has 0 unspecified atom stereocenters. The minimum absolute atomic E-state index is 0.00396. The monoisotopic (exact) mass is 530 g/mol. The topological polar surface area (TPSA) is 103 Å². The molecule has 10 heteroatoms. The first-order valence-electron chi connectivity index (χ1n) is 11.0. The largest absolute Gasteiger partial charge is 0.495 e. The molecule has 0 spiro atoms. The third kappa shape index (κ3) is 8.48. The predicted octanol–water partition coefficient (Wildman–Crippen LogP) is 6.09. The number of hydrogen-bond donors (Lipinski definition) is 2. The molecule has 2 amide bonds. The molecule has 0 aliphatic rings. The summed E-state index contributed by atoms with van der Waals surface area (Å²) in [6.07, 6.45) is 0.389. The zero-order chi connectivity index (χ0) is 25.9. The average Bonchev–Trinajstić information content (AvgIpc) is 2.86. The van der Waals surface area contributed by atoms with Gasteiger partial charge in [-0.25, -0.2) is 0 Å². The average molecular weight is 531 g/mol. The van der Waals surface area contributed by atoms with Crippen molar-refractivity contribution in [2.24, 2.45) is 0 Å². The number of carbonyl (C=O) groups is 3. The van der Waals surface area contributed by atoms with Gasteiger partial charge in [0.2, 0.25) is 5.91 Å². The van der Waals surface area contributed by atoms with E-state index in [1.165, 1.54) is 7.11 Å². The third-order valence-corrected chi connectivity index (χ3v) is 5.32. The van der Waals surface area contributed by atoms with Gasteiger partial charge in [0.05, 0.1) is 17.8 Å². The standard InChI is InChI=1S/C26H24Cl2N2O6/c1-34-23-6-3-2-5-21(23)30-25(32)16-35-26(33)8-4-7-24(31)29-18-10-12-19(13-11-18)36-22-14-9-17(27)15-20(22)28/h2-3,5-6,9-15H,4,7-8,16H2,1H3,(H,29,31)(H,30,32). The molecule has 3 rings (SSSR count). The van der Waals surface area contributed by atoms with Crippen LogP contribution >= 0.6 is 23.2 Å². The smallest absolute Gasteiger partial charge is 0.306 e. The number of hydrogen-bond acceptors (Lipinski definition) is 6. The second kappa shape index (κ2) is 13.4. The van der Waals surface area contributed by atoms with Gasteiger partial charge in [-0.1, -0.05) is 35.3 Å². The summed E-state index contributed by atoms with van der Waals surface area (Å²) >= 11 is 12.0. The Kier molecular flexibility index (Phi) is 9.97. The Bertz CT molecular complexity index is 1220. The van der Waals surface area contributed by atoms with E-state index >= 15 is 0 Å². The van der Waals surface area contributed by atoms with Gasteiger partial charge in [0.25, 0.3) is 5.91 Å². The highest BCUT2D eigenvalue weighted by Crippen LogP contribution is 2.32. The van der Waals surface area contributed by atoms with Crippen molar-refractivity contribution in [1.82, 2.24) is 0 Å².